The summed E-state index contributed by atoms with van der Waals surface area (Å²) in [6.45, 7) is 3.02. The summed E-state index contributed by atoms with van der Waals surface area (Å²) in [5.74, 6) is 1.47. The van der Waals surface area contributed by atoms with Gasteiger partial charge in [-0.2, -0.15) is 0 Å². The third-order valence-electron chi connectivity index (χ3n) is 4.17. The molecule has 0 aliphatic heterocycles. The van der Waals surface area contributed by atoms with Crippen LogP contribution in [0.5, 0.6) is 0 Å². The summed E-state index contributed by atoms with van der Waals surface area (Å²) in [6, 6.07) is 18.4. The lowest BCUT2D eigenvalue weighted by Crippen LogP contribution is -2.16. The SMILES string of the molecule is C[C@H](O)c1ccc(-c2ccc(CNCCc3ccccc3F)o2)cc1. The Balaban J connectivity index is 1.52. The van der Waals surface area contributed by atoms with E-state index in [2.05, 4.69) is 5.32 Å². The van der Waals surface area contributed by atoms with Gasteiger partial charge in [0.2, 0.25) is 0 Å². The molecule has 1 heterocycles. The van der Waals surface area contributed by atoms with Crippen molar-refractivity contribution < 1.29 is 13.9 Å². The first-order chi connectivity index (χ1) is 12.1. The first-order valence-corrected chi connectivity index (χ1v) is 8.45. The van der Waals surface area contributed by atoms with Crippen LogP contribution in [0.15, 0.2) is 65.1 Å². The summed E-state index contributed by atoms with van der Waals surface area (Å²) < 4.78 is 19.4. The van der Waals surface area contributed by atoms with Crippen LogP contribution in [0.3, 0.4) is 0 Å². The van der Waals surface area contributed by atoms with Crippen LogP contribution in [-0.4, -0.2) is 11.7 Å². The highest BCUT2D eigenvalue weighted by molar-refractivity contribution is 5.58. The van der Waals surface area contributed by atoms with Crippen LogP contribution < -0.4 is 5.32 Å². The maximum Gasteiger partial charge on any atom is 0.134 e. The molecular formula is C21H22FNO2. The third-order valence-corrected chi connectivity index (χ3v) is 4.17. The normalized spacial score (nSPS) is 12.3. The fraction of sp³-hybridized carbons (Fsp3) is 0.238. The number of benzene rings is 2. The second-order valence-electron chi connectivity index (χ2n) is 6.08. The predicted molar refractivity (Wildman–Crippen MR) is 96.6 cm³/mol. The Hall–Kier alpha value is -2.43. The Morgan fingerprint density at radius 3 is 2.52 bits per heavy atom. The number of nitrogens with one attached hydrogen (secondary N) is 1. The average Bonchev–Trinajstić information content (AvgIpc) is 3.09. The first-order valence-electron chi connectivity index (χ1n) is 8.45. The van der Waals surface area contributed by atoms with E-state index in [0.717, 1.165) is 22.6 Å². The van der Waals surface area contributed by atoms with Crippen LogP contribution in [0, 0.1) is 5.82 Å². The van der Waals surface area contributed by atoms with E-state index in [1.54, 1.807) is 19.1 Å². The molecule has 2 N–H and O–H groups in total. The summed E-state index contributed by atoms with van der Waals surface area (Å²) in [4.78, 5) is 0. The molecule has 0 aliphatic rings. The van der Waals surface area contributed by atoms with Gasteiger partial charge in [0.25, 0.3) is 0 Å². The largest absolute Gasteiger partial charge is 0.460 e. The van der Waals surface area contributed by atoms with E-state index in [1.807, 2.05) is 42.5 Å². The minimum atomic E-state index is -0.472. The standard InChI is InChI=1S/C21H22FNO2/c1-15(24)16-6-8-18(9-7-16)21-11-10-19(25-21)14-23-13-12-17-4-2-3-5-20(17)22/h2-11,15,23-24H,12-14H2,1H3/t15-/m0/s1. The van der Waals surface area contributed by atoms with Crippen LogP contribution in [-0.2, 0) is 13.0 Å². The van der Waals surface area contributed by atoms with Gasteiger partial charge in [0, 0.05) is 5.56 Å². The van der Waals surface area contributed by atoms with Gasteiger partial charge < -0.3 is 14.8 Å². The smallest absolute Gasteiger partial charge is 0.134 e. The minimum Gasteiger partial charge on any atom is -0.460 e. The molecule has 0 unspecified atom stereocenters. The monoisotopic (exact) mass is 339 g/mol. The molecule has 0 fully saturated rings. The fourth-order valence-corrected chi connectivity index (χ4v) is 2.69. The van der Waals surface area contributed by atoms with E-state index < -0.39 is 6.10 Å². The third kappa shape index (κ3) is 4.56. The molecule has 1 atom stereocenters. The molecule has 130 valence electrons. The quantitative estimate of drug-likeness (QED) is 0.624. The summed E-state index contributed by atoms with van der Waals surface area (Å²) in [5.41, 5.74) is 2.57. The topological polar surface area (TPSA) is 45.4 Å². The molecule has 25 heavy (non-hydrogen) atoms. The average molecular weight is 339 g/mol. The number of rotatable bonds is 7. The number of hydrogen-bond donors (Lipinski definition) is 2. The van der Waals surface area contributed by atoms with Gasteiger partial charge >= 0.3 is 0 Å². The molecule has 4 heteroatoms. The van der Waals surface area contributed by atoms with E-state index in [4.69, 9.17) is 4.42 Å². The second kappa shape index (κ2) is 8.10. The van der Waals surface area contributed by atoms with Gasteiger partial charge in [-0.25, -0.2) is 4.39 Å². The minimum absolute atomic E-state index is 0.162. The zero-order valence-electron chi connectivity index (χ0n) is 14.2. The Labute approximate surface area is 147 Å². The van der Waals surface area contributed by atoms with Gasteiger partial charge in [0.15, 0.2) is 0 Å². The van der Waals surface area contributed by atoms with Gasteiger partial charge in [-0.3, -0.25) is 0 Å². The summed E-state index contributed by atoms with van der Waals surface area (Å²) in [7, 11) is 0. The fourth-order valence-electron chi connectivity index (χ4n) is 2.69. The zero-order valence-corrected chi connectivity index (χ0v) is 14.2. The number of halogens is 1. The van der Waals surface area contributed by atoms with Gasteiger partial charge in [-0.15, -0.1) is 0 Å². The van der Waals surface area contributed by atoms with E-state index in [-0.39, 0.29) is 5.82 Å². The van der Waals surface area contributed by atoms with Crippen LogP contribution in [0.25, 0.3) is 11.3 Å². The van der Waals surface area contributed by atoms with E-state index in [9.17, 15) is 9.50 Å². The van der Waals surface area contributed by atoms with Crippen molar-refractivity contribution in [2.45, 2.75) is 26.0 Å². The molecule has 3 nitrogen and oxygen atoms in total. The second-order valence-corrected chi connectivity index (χ2v) is 6.08. The Morgan fingerprint density at radius 2 is 1.80 bits per heavy atom. The molecule has 0 spiro atoms. The van der Waals surface area contributed by atoms with Crippen LogP contribution >= 0.6 is 0 Å². The number of aliphatic hydroxyl groups excluding tert-OH is 1. The molecule has 0 saturated carbocycles. The highest BCUT2D eigenvalue weighted by Crippen LogP contribution is 2.24. The first kappa shape index (κ1) is 17.4. The maximum absolute atomic E-state index is 13.5. The molecule has 3 rings (SSSR count). The van der Waals surface area contributed by atoms with Crippen LogP contribution in [0.1, 0.15) is 29.9 Å². The van der Waals surface area contributed by atoms with Crippen molar-refractivity contribution in [2.24, 2.45) is 0 Å². The molecule has 0 amide bonds. The van der Waals surface area contributed by atoms with Crippen molar-refractivity contribution in [1.29, 1.82) is 0 Å². The van der Waals surface area contributed by atoms with E-state index in [0.29, 0.717) is 25.1 Å². The van der Waals surface area contributed by atoms with Crippen molar-refractivity contribution in [3.63, 3.8) is 0 Å². The molecular weight excluding hydrogens is 317 g/mol. The van der Waals surface area contributed by atoms with Crippen molar-refractivity contribution in [1.82, 2.24) is 5.32 Å². The molecule has 0 saturated heterocycles. The Morgan fingerprint density at radius 1 is 1.04 bits per heavy atom. The van der Waals surface area contributed by atoms with Gasteiger partial charge in [-0.05, 0) is 49.2 Å². The van der Waals surface area contributed by atoms with E-state index in [1.165, 1.54) is 6.07 Å². The Kier molecular flexibility index (Phi) is 5.64. The number of hydrogen-bond acceptors (Lipinski definition) is 3. The summed E-state index contributed by atoms with van der Waals surface area (Å²) >= 11 is 0. The van der Waals surface area contributed by atoms with Crippen molar-refractivity contribution in [2.75, 3.05) is 6.54 Å². The highest BCUT2D eigenvalue weighted by atomic mass is 19.1. The maximum atomic E-state index is 13.5. The lowest BCUT2D eigenvalue weighted by Gasteiger charge is -2.05. The summed E-state index contributed by atoms with van der Waals surface area (Å²) in [5, 5.41) is 12.8. The molecule has 3 aromatic rings. The van der Waals surface area contributed by atoms with Gasteiger partial charge in [-0.1, -0.05) is 42.5 Å². The summed E-state index contributed by atoms with van der Waals surface area (Å²) in [6.07, 6.45) is 0.168. The molecule has 0 aliphatic carbocycles. The van der Waals surface area contributed by atoms with Crippen LogP contribution in [0.4, 0.5) is 4.39 Å². The zero-order chi connectivity index (χ0) is 17.6. The molecule has 2 aromatic carbocycles. The lowest BCUT2D eigenvalue weighted by molar-refractivity contribution is 0.199. The lowest BCUT2D eigenvalue weighted by atomic mass is 10.1. The number of aliphatic hydroxyl groups is 1. The predicted octanol–water partition coefficient (Wildman–Crippen LogP) is 4.47. The van der Waals surface area contributed by atoms with Gasteiger partial charge in [0.05, 0.1) is 12.6 Å². The molecule has 0 radical (unpaired) electrons. The van der Waals surface area contributed by atoms with Crippen molar-refractivity contribution >= 4 is 0 Å². The van der Waals surface area contributed by atoms with Gasteiger partial charge in [0.1, 0.15) is 17.3 Å². The highest BCUT2D eigenvalue weighted by Gasteiger charge is 2.07. The molecule has 0 bridgehead atoms. The van der Waals surface area contributed by atoms with E-state index >= 15 is 0 Å². The van der Waals surface area contributed by atoms with Crippen molar-refractivity contribution in [3.8, 4) is 11.3 Å². The molecule has 1 aromatic heterocycles. The van der Waals surface area contributed by atoms with Crippen molar-refractivity contribution in [3.05, 3.63) is 83.4 Å². The van der Waals surface area contributed by atoms with Crippen LogP contribution in [0.2, 0.25) is 0 Å². The number of furan rings is 1. The Bertz CT molecular complexity index is 809.